The van der Waals surface area contributed by atoms with Gasteiger partial charge in [0.05, 0.1) is 25.4 Å². The number of unbranched alkanes of at least 4 members (excludes halogenated alkanes) is 36. The highest BCUT2D eigenvalue weighted by Gasteiger charge is 2.44. The first-order valence-corrected chi connectivity index (χ1v) is 28.1. The van der Waals surface area contributed by atoms with Gasteiger partial charge < -0.3 is 40.3 Å². The highest BCUT2D eigenvalue weighted by Crippen LogP contribution is 2.23. The lowest BCUT2D eigenvalue weighted by Crippen LogP contribution is -2.60. The number of nitrogens with one attached hydrogen (secondary N) is 1. The molecule has 1 saturated heterocycles. The Kier molecular flexibility index (Phi) is 44.0. The van der Waals surface area contributed by atoms with Crippen LogP contribution in [-0.4, -0.2) is 87.5 Å². The largest absolute Gasteiger partial charge is 0.394 e. The number of aliphatic hydroxyl groups is 5. The predicted molar refractivity (Wildman–Crippen MR) is 272 cm³/mol. The van der Waals surface area contributed by atoms with Gasteiger partial charge in [-0.05, 0) is 32.1 Å². The van der Waals surface area contributed by atoms with Crippen LogP contribution in [0.15, 0.2) is 24.3 Å². The maximum Gasteiger partial charge on any atom is 0.220 e. The number of ether oxygens (including phenoxy) is 2. The minimum absolute atomic E-state index is 0.181. The van der Waals surface area contributed by atoms with Crippen LogP contribution >= 0.6 is 0 Å². The molecule has 9 heteroatoms. The topological polar surface area (TPSA) is 149 Å². The Morgan fingerprint density at radius 3 is 1.29 bits per heavy atom. The number of carbonyl (C=O) groups excluding carboxylic acids is 1. The predicted octanol–water partition coefficient (Wildman–Crippen LogP) is 13.4. The quantitative estimate of drug-likeness (QED) is 0.0261. The number of hydrogen-bond acceptors (Lipinski definition) is 8. The van der Waals surface area contributed by atoms with Crippen molar-refractivity contribution in [3.8, 4) is 0 Å². The van der Waals surface area contributed by atoms with Crippen molar-refractivity contribution in [1.82, 2.24) is 5.32 Å². The molecule has 1 aliphatic rings. The number of aliphatic hydroxyl groups excluding tert-OH is 5. The Hall–Kier alpha value is -1.33. The monoisotopic (exact) mass is 922 g/mol. The first kappa shape index (κ1) is 61.7. The van der Waals surface area contributed by atoms with Crippen LogP contribution in [0.1, 0.15) is 271 Å². The third kappa shape index (κ3) is 36.3. The Bertz CT molecular complexity index is 1070. The molecule has 0 bridgehead atoms. The van der Waals surface area contributed by atoms with Gasteiger partial charge >= 0.3 is 0 Å². The van der Waals surface area contributed by atoms with Crippen molar-refractivity contribution in [2.45, 2.75) is 314 Å². The molecule has 1 aliphatic heterocycles. The smallest absolute Gasteiger partial charge is 0.220 e. The summed E-state index contributed by atoms with van der Waals surface area (Å²) in [7, 11) is 0. The number of hydrogen-bond donors (Lipinski definition) is 6. The van der Waals surface area contributed by atoms with Gasteiger partial charge in [-0.15, -0.1) is 0 Å². The second-order valence-electron chi connectivity index (χ2n) is 19.7. The molecule has 1 rings (SSSR count). The summed E-state index contributed by atoms with van der Waals surface area (Å²) in [5, 5.41) is 54.4. The molecule has 65 heavy (non-hydrogen) atoms. The highest BCUT2D eigenvalue weighted by molar-refractivity contribution is 5.76. The zero-order chi connectivity index (χ0) is 47.3. The third-order valence-electron chi connectivity index (χ3n) is 13.5. The average Bonchev–Trinajstić information content (AvgIpc) is 3.31. The summed E-state index contributed by atoms with van der Waals surface area (Å²) in [5.74, 6) is -0.181. The number of rotatable bonds is 48. The first-order valence-electron chi connectivity index (χ1n) is 28.1. The van der Waals surface area contributed by atoms with Gasteiger partial charge in [0, 0.05) is 6.42 Å². The van der Waals surface area contributed by atoms with E-state index in [9.17, 15) is 30.3 Å². The molecule has 0 aromatic rings. The summed E-state index contributed by atoms with van der Waals surface area (Å²) in [6, 6.07) is -0.818. The van der Waals surface area contributed by atoms with E-state index in [0.29, 0.717) is 6.42 Å². The molecular formula is C56H107NO8. The van der Waals surface area contributed by atoms with Crippen LogP contribution in [0.3, 0.4) is 0 Å². The Labute approximate surface area is 400 Å². The molecule has 1 amide bonds. The summed E-state index contributed by atoms with van der Waals surface area (Å²) >= 11 is 0. The van der Waals surface area contributed by atoms with Crippen LogP contribution in [0.2, 0.25) is 0 Å². The first-order chi connectivity index (χ1) is 31.8. The Morgan fingerprint density at radius 1 is 0.508 bits per heavy atom. The molecule has 1 fully saturated rings. The lowest BCUT2D eigenvalue weighted by Gasteiger charge is -2.40. The Morgan fingerprint density at radius 2 is 0.877 bits per heavy atom. The molecule has 0 aromatic carbocycles. The maximum atomic E-state index is 13.0. The van der Waals surface area contributed by atoms with Crippen molar-refractivity contribution in [2.24, 2.45) is 0 Å². The molecule has 0 radical (unpaired) electrons. The van der Waals surface area contributed by atoms with Crippen LogP contribution in [-0.2, 0) is 14.3 Å². The van der Waals surface area contributed by atoms with Gasteiger partial charge in [0.2, 0.25) is 5.91 Å². The van der Waals surface area contributed by atoms with E-state index in [4.69, 9.17) is 9.47 Å². The van der Waals surface area contributed by atoms with Gasteiger partial charge in [-0.3, -0.25) is 4.79 Å². The van der Waals surface area contributed by atoms with Gasteiger partial charge in [-0.2, -0.15) is 0 Å². The van der Waals surface area contributed by atoms with Crippen LogP contribution in [0.5, 0.6) is 0 Å². The SMILES string of the molecule is CCCCCCCCCCCCCC/C=C/CC/C=C/C(O)C(COC1OC(CO)C(O)C(O)C1O)NC(=O)CCCCCCCCCCCCCCCCCCCCCCCCCC. The zero-order valence-electron chi connectivity index (χ0n) is 42.5. The van der Waals surface area contributed by atoms with Crippen LogP contribution < -0.4 is 5.32 Å². The molecule has 0 spiro atoms. The van der Waals surface area contributed by atoms with Crippen molar-refractivity contribution in [3.05, 3.63) is 24.3 Å². The molecule has 7 atom stereocenters. The van der Waals surface area contributed by atoms with E-state index in [0.717, 1.165) is 38.5 Å². The Balaban J connectivity index is 2.24. The molecule has 0 saturated carbocycles. The molecule has 7 unspecified atom stereocenters. The minimum Gasteiger partial charge on any atom is -0.394 e. The summed E-state index contributed by atoms with van der Waals surface area (Å²) < 4.78 is 11.2. The second kappa shape index (κ2) is 46.4. The van der Waals surface area contributed by atoms with E-state index in [1.54, 1.807) is 6.08 Å². The van der Waals surface area contributed by atoms with E-state index in [-0.39, 0.29) is 12.5 Å². The zero-order valence-corrected chi connectivity index (χ0v) is 42.5. The molecule has 1 heterocycles. The molecular weight excluding hydrogens is 815 g/mol. The average molecular weight is 922 g/mol. The van der Waals surface area contributed by atoms with Gasteiger partial charge in [-0.1, -0.05) is 256 Å². The molecule has 0 aromatic heterocycles. The minimum atomic E-state index is -1.57. The number of allylic oxidation sites excluding steroid dienone is 3. The fourth-order valence-electron chi connectivity index (χ4n) is 9.06. The maximum absolute atomic E-state index is 13.0. The van der Waals surface area contributed by atoms with Crippen molar-refractivity contribution in [2.75, 3.05) is 13.2 Å². The summed E-state index contributed by atoms with van der Waals surface area (Å²) in [6.07, 6.45) is 51.0. The lowest BCUT2D eigenvalue weighted by molar-refractivity contribution is -0.302. The van der Waals surface area contributed by atoms with Crippen molar-refractivity contribution >= 4 is 5.91 Å². The van der Waals surface area contributed by atoms with Gasteiger partial charge in [0.15, 0.2) is 6.29 Å². The number of carbonyl (C=O) groups is 1. The van der Waals surface area contributed by atoms with Crippen molar-refractivity contribution in [3.63, 3.8) is 0 Å². The third-order valence-corrected chi connectivity index (χ3v) is 13.5. The van der Waals surface area contributed by atoms with E-state index < -0.39 is 49.5 Å². The van der Waals surface area contributed by atoms with E-state index >= 15 is 0 Å². The molecule has 9 nitrogen and oxygen atoms in total. The second-order valence-corrected chi connectivity index (χ2v) is 19.7. The van der Waals surface area contributed by atoms with E-state index in [2.05, 4.69) is 31.3 Å². The van der Waals surface area contributed by atoms with Gasteiger partial charge in [0.25, 0.3) is 0 Å². The summed E-state index contributed by atoms with van der Waals surface area (Å²) in [4.78, 5) is 13.0. The van der Waals surface area contributed by atoms with Crippen molar-refractivity contribution in [1.29, 1.82) is 0 Å². The van der Waals surface area contributed by atoms with Gasteiger partial charge in [-0.25, -0.2) is 0 Å². The fraction of sp³-hybridized carbons (Fsp3) is 0.911. The number of amides is 1. The van der Waals surface area contributed by atoms with Gasteiger partial charge in [0.1, 0.15) is 24.4 Å². The fourth-order valence-corrected chi connectivity index (χ4v) is 9.06. The summed E-state index contributed by atoms with van der Waals surface area (Å²) in [5.41, 5.74) is 0. The molecule has 6 N–H and O–H groups in total. The van der Waals surface area contributed by atoms with Crippen molar-refractivity contribution < 1.29 is 39.8 Å². The lowest BCUT2D eigenvalue weighted by atomic mass is 9.99. The van der Waals surface area contributed by atoms with Crippen LogP contribution in [0.25, 0.3) is 0 Å². The summed E-state index contributed by atoms with van der Waals surface area (Å²) in [6.45, 7) is 3.79. The van der Waals surface area contributed by atoms with Crippen LogP contribution in [0.4, 0.5) is 0 Å². The van der Waals surface area contributed by atoms with E-state index in [1.807, 2.05) is 6.08 Å². The molecule has 0 aliphatic carbocycles. The van der Waals surface area contributed by atoms with Crippen LogP contribution in [0, 0.1) is 0 Å². The normalized spacial score (nSPS) is 20.0. The molecule has 384 valence electrons. The standard InChI is InChI=1S/C56H107NO8/c1-3-5-7-9-11-13-15-17-19-21-23-24-25-26-27-28-30-32-34-36-38-40-42-44-46-52(60)57-49(48-64-56-55(63)54(62)53(61)51(47-58)65-56)50(59)45-43-41-39-37-35-33-31-29-22-20-18-16-14-12-10-8-6-4-2/h35,37,43,45,49-51,53-56,58-59,61-63H,3-34,36,38-42,44,46-48H2,1-2H3,(H,57,60)/b37-35+,45-43+. The highest BCUT2D eigenvalue weighted by atomic mass is 16.7. The van der Waals surface area contributed by atoms with E-state index in [1.165, 1.54) is 212 Å².